The number of nitrogens with zero attached hydrogens (tertiary/aromatic N) is 2. The molecule has 0 fully saturated rings. The maximum absolute atomic E-state index is 9.36. The molecule has 0 spiro atoms. The summed E-state index contributed by atoms with van der Waals surface area (Å²) in [5.74, 6) is 0.655. The third kappa shape index (κ3) is 2.71. The molecule has 0 aliphatic carbocycles. The third-order valence-electron chi connectivity index (χ3n) is 2.93. The van der Waals surface area contributed by atoms with Gasteiger partial charge in [-0.15, -0.1) is 0 Å². The lowest BCUT2D eigenvalue weighted by molar-refractivity contribution is 0.416. The highest BCUT2D eigenvalue weighted by Gasteiger charge is 2.15. The summed E-state index contributed by atoms with van der Waals surface area (Å²) in [5.41, 5.74) is 1.86. The maximum Gasteiger partial charge on any atom is 0.141 e. The average molecular weight is 263 g/mol. The molecule has 0 aliphatic heterocycles. The molecule has 2 rings (SSSR count). The maximum atomic E-state index is 9.36. The number of anilines is 1. The minimum Gasteiger partial charge on any atom is -0.495 e. The van der Waals surface area contributed by atoms with Gasteiger partial charge in [0.1, 0.15) is 11.8 Å². The van der Waals surface area contributed by atoms with Gasteiger partial charge < -0.3 is 10.1 Å². The van der Waals surface area contributed by atoms with E-state index < -0.39 is 6.04 Å². The summed E-state index contributed by atoms with van der Waals surface area (Å²) in [6.45, 7) is 0. The summed E-state index contributed by atoms with van der Waals surface area (Å²) >= 11 is 0. The Hall–Kier alpha value is -2.98. The Bertz CT molecular complexity index is 683. The number of nitriles is 2. The van der Waals surface area contributed by atoms with E-state index in [9.17, 15) is 5.26 Å². The average Bonchev–Trinajstić information content (AvgIpc) is 2.53. The van der Waals surface area contributed by atoms with Crippen molar-refractivity contribution in [2.24, 2.45) is 0 Å². The predicted octanol–water partition coefficient (Wildman–Crippen LogP) is 3.24. The summed E-state index contributed by atoms with van der Waals surface area (Å²) in [5, 5.41) is 21.6. The van der Waals surface area contributed by atoms with E-state index >= 15 is 0 Å². The highest BCUT2D eigenvalue weighted by atomic mass is 16.5. The third-order valence-corrected chi connectivity index (χ3v) is 2.93. The number of hydrogen-bond donors (Lipinski definition) is 1. The molecule has 1 N–H and O–H groups in total. The van der Waals surface area contributed by atoms with Gasteiger partial charge in [-0.25, -0.2) is 0 Å². The number of benzene rings is 2. The van der Waals surface area contributed by atoms with Gasteiger partial charge in [0.15, 0.2) is 0 Å². The normalized spacial score (nSPS) is 10.9. The first-order valence-electron chi connectivity index (χ1n) is 6.08. The van der Waals surface area contributed by atoms with Gasteiger partial charge in [0.2, 0.25) is 0 Å². The molecule has 0 heterocycles. The molecule has 1 unspecified atom stereocenters. The van der Waals surface area contributed by atoms with Gasteiger partial charge in [0, 0.05) is 5.56 Å². The molecule has 0 radical (unpaired) electrons. The molecule has 0 aliphatic rings. The smallest absolute Gasteiger partial charge is 0.141 e. The van der Waals surface area contributed by atoms with Gasteiger partial charge in [-0.2, -0.15) is 10.5 Å². The van der Waals surface area contributed by atoms with Gasteiger partial charge in [-0.3, -0.25) is 0 Å². The van der Waals surface area contributed by atoms with Gasteiger partial charge in [0.05, 0.1) is 30.5 Å². The van der Waals surface area contributed by atoms with E-state index in [4.69, 9.17) is 10.00 Å². The Labute approximate surface area is 117 Å². The van der Waals surface area contributed by atoms with E-state index in [0.717, 1.165) is 0 Å². The van der Waals surface area contributed by atoms with Crippen LogP contribution in [0.25, 0.3) is 0 Å². The second-order valence-corrected chi connectivity index (χ2v) is 4.11. The standard InChI is InChI=1S/C16H13N3O/c1-20-16-9-5-4-8-14(16)19-15(11-18)13-7-3-2-6-12(13)10-17/h2-9,15,19H,1H3. The fourth-order valence-corrected chi connectivity index (χ4v) is 1.95. The van der Waals surface area contributed by atoms with Crippen LogP contribution in [0, 0.1) is 22.7 Å². The van der Waals surface area contributed by atoms with Crippen LogP contribution in [0.2, 0.25) is 0 Å². The topological polar surface area (TPSA) is 68.8 Å². The van der Waals surface area contributed by atoms with Crippen LogP contribution in [-0.2, 0) is 0 Å². The van der Waals surface area contributed by atoms with Crippen LogP contribution in [0.4, 0.5) is 5.69 Å². The van der Waals surface area contributed by atoms with Crippen LogP contribution in [0.1, 0.15) is 17.2 Å². The first-order chi connectivity index (χ1) is 9.80. The minimum atomic E-state index is -0.609. The fraction of sp³-hybridized carbons (Fsp3) is 0.125. The van der Waals surface area contributed by atoms with Crippen molar-refractivity contribution in [3.05, 3.63) is 59.7 Å². The molecule has 0 bridgehead atoms. The lowest BCUT2D eigenvalue weighted by Crippen LogP contribution is -2.10. The summed E-state index contributed by atoms with van der Waals surface area (Å²) in [4.78, 5) is 0. The molecule has 0 saturated carbocycles. The summed E-state index contributed by atoms with van der Waals surface area (Å²) < 4.78 is 5.25. The number of rotatable bonds is 4. The molecule has 1 atom stereocenters. The Morgan fingerprint density at radius 1 is 1.05 bits per heavy atom. The van der Waals surface area contributed by atoms with Crippen LogP contribution in [0.3, 0.4) is 0 Å². The van der Waals surface area contributed by atoms with Crippen LogP contribution in [0.5, 0.6) is 5.75 Å². The van der Waals surface area contributed by atoms with Crippen molar-refractivity contribution < 1.29 is 4.74 Å². The first-order valence-corrected chi connectivity index (χ1v) is 6.08. The van der Waals surface area contributed by atoms with Crippen molar-refractivity contribution in [3.63, 3.8) is 0 Å². The molecule has 20 heavy (non-hydrogen) atoms. The second kappa shape index (κ2) is 6.26. The number of para-hydroxylation sites is 2. The van der Waals surface area contributed by atoms with Gasteiger partial charge >= 0.3 is 0 Å². The Kier molecular flexibility index (Phi) is 4.21. The molecule has 0 amide bonds. The summed E-state index contributed by atoms with van der Waals surface area (Å²) in [7, 11) is 1.57. The van der Waals surface area contributed by atoms with E-state index in [0.29, 0.717) is 22.6 Å². The monoisotopic (exact) mass is 263 g/mol. The first kappa shape index (κ1) is 13.5. The van der Waals surface area contributed by atoms with Crippen molar-refractivity contribution in [2.75, 3.05) is 12.4 Å². The predicted molar refractivity (Wildman–Crippen MR) is 76.1 cm³/mol. The van der Waals surface area contributed by atoms with E-state index in [-0.39, 0.29) is 0 Å². The van der Waals surface area contributed by atoms with Crippen molar-refractivity contribution in [1.82, 2.24) is 0 Å². The molecular weight excluding hydrogens is 250 g/mol. The largest absolute Gasteiger partial charge is 0.495 e. The molecule has 2 aromatic carbocycles. The van der Waals surface area contributed by atoms with Crippen LogP contribution >= 0.6 is 0 Å². The molecule has 98 valence electrons. The van der Waals surface area contributed by atoms with Gasteiger partial charge in [-0.1, -0.05) is 30.3 Å². The lowest BCUT2D eigenvalue weighted by atomic mass is 10.0. The van der Waals surface area contributed by atoms with E-state index in [1.807, 2.05) is 30.3 Å². The van der Waals surface area contributed by atoms with Crippen molar-refractivity contribution in [2.45, 2.75) is 6.04 Å². The number of nitrogens with one attached hydrogen (secondary N) is 1. The van der Waals surface area contributed by atoms with Gasteiger partial charge in [-0.05, 0) is 18.2 Å². The highest BCUT2D eigenvalue weighted by molar-refractivity contribution is 5.59. The number of methoxy groups -OCH3 is 1. The van der Waals surface area contributed by atoms with Gasteiger partial charge in [0.25, 0.3) is 0 Å². The van der Waals surface area contributed by atoms with Crippen molar-refractivity contribution in [1.29, 1.82) is 10.5 Å². The molecule has 4 heteroatoms. The zero-order valence-electron chi connectivity index (χ0n) is 11.0. The van der Waals surface area contributed by atoms with Crippen LogP contribution in [0.15, 0.2) is 48.5 Å². The quantitative estimate of drug-likeness (QED) is 0.919. The van der Waals surface area contributed by atoms with Crippen molar-refractivity contribution in [3.8, 4) is 17.9 Å². The SMILES string of the molecule is COc1ccccc1NC(C#N)c1ccccc1C#N. The van der Waals surface area contributed by atoms with Crippen LogP contribution < -0.4 is 10.1 Å². The van der Waals surface area contributed by atoms with E-state index in [1.54, 1.807) is 25.3 Å². The minimum absolute atomic E-state index is 0.487. The fourth-order valence-electron chi connectivity index (χ4n) is 1.95. The highest BCUT2D eigenvalue weighted by Crippen LogP contribution is 2.28. The molecule has 0 aromatic heterocycles. The molecular formula is C16H13N3O. The Morgan fingerprint density at radius 3 is 2.45 bits per heavy atom. The Morgan fingerprint density at radius 2 is 1.75 bits per heavy atom. The van der Waals surface area contributed by atoms with Crippen molar-refractivity contribution >= 4 is 5.69 Å². The van der Waals surface area contributed by atoms with Crippen LogP contribution in [-0.4, -0.2) is 7.11 Å². The summed E-state index contributed by atoms with van der Waals surface area (Å²) in [6.07, 6.45) is 0. The second-order valence-electron chi connectivity index (χ2n) is 4.11. The molecule has 0 saturated heterocycles. The molecule has 4 nitrogen and oxygen atoms in total. The number of hydrogen-bond acceptors (Lipinski definition) is 4. The molecule has 2 aromatic rings. The summed E-state index contributed by atoms with van der Waals surface area (Å²) in [6, 6.07) is 18.1. The van der Waals surface area contributed by atoms with E-state index in [1.165, 1.54) is 0 Å². The number of ether oxygens (including phenoxy) is 1. The Balaban J connectivity index is 2.35. The zero-order valence-corrected chi connectivity index (χ0v) is 11.0. The van der Waals surface area contributed by atoms with E-state index in [2.05, 4.69) is 17.5 Å². The zero-order chi connectivity index (χ0) is 14.4. The lowest BCUT2D eigenvalue weighted by Gasteiger charge is -2.16.